The van der Waals surface area contributed by atoms with E-state index in [0.717, 1.165) is 39.0 Å². The number of ketones is 1. The first-order valence-corrected chi connectivity index (χ1v) is 7.57. The van der Waals surface area contributed by atoms with Gasteiger partial charge in [-0.1, -0.05) is 6.42 Å². The minimum absolute atomic E-state index is 0.307. The predicted octanol–water partition coefficient (Wildman–Crippen LogP) is 2.64. The van der Waals surface area contributed by atoms with Gasteiger partial charge >= 0.3 is 0 Å². The van der Waals surface area contributed by atoms with Gasteiger partial charge in [-0.25, -0.2) is 0 Å². The molecule has 0 amide bonds. The van der Waals surface area contributed by atoms with E-state index in [0.29, 0.717) is 23.8 Å². The molecule has 1 saturated carbocycles. The van der Waals surface area contributed by atoms with Crippen molar-refractivity contribution in [2.75, 3.05) is 19.7 Å². The van der Waals surface area contributed by atoms with Crippen LogP contribution in [-0.4, -0.2) is 42.5 Å². The zero-order chi connectivity index (χ0) is 13.0. The predicted molar refractivity (Wildman–Crippen MR) is 72.6 cm³/mol. The Hall–Kier alpha value is -0.410. The Morgan fingerprint density at radius 2 is 2.11 bits per heavy atom. The Morgan fingerprint density at radius 1 is 1.28 bits per heavy atom. The van der Waals surface area contributed by atoms with E-state index in [1.807, 2.05) is 0 Å². The van der Waals surface area contributed by atoms with Crippen LogP contribution in [0.1, 0.15) is 52.4 Å². The van der Waals surface area contributed by atoms with E-state index in [1.165, 1.54) is 19.3 Å². The van der Waals surface area contributed by atoms with Crippen molar-refractivity contribution in [2.24, 2.45) is 5.92 Å². The molecule has 0 spiro atoms. The lowest BCUT2D eigenvalue weighted by Crippen LogP contribution is -2.46. The van der Waals surface area contributed by atoms with Crippen LogP contribution in [0.5, 0.6) is 0 Å². The van der Waals surface area contributed by atoms with Gasteiger partial charge in [0.2, 0.25) is 0 Å². The molecular formula is C15H27NO2. The average molecular weight is 253 g/mol. The molecule has 3 nitrogen and oxygen atoms in total. The standard InChI is InChI=1S/C15H27NO2/c1-12(2)18-11-10-16-9-4-3-7-14(16)13-6-5-8-15(13)17/h12-14H,3-11H2,1-2H3. The van der Waals surface area contributed by atoms with Crippen LogP contribution < -0.4 is 0 Å². The molecule has 0 aromatic rings. The zero-order valence-electron chi connectivity index (χ0n) is 11.9. The summed E-state index contributed by atoms with van der Waals surface area (Å²) in [6.07, 6.45) is 7.12. The van der Waals surface area contributed by atoms with Gasteiger partial charge in [0.15, 0.2) is 0 Å². The largest absolute Gasteiger partial charge is 0.377 e. The van der Waals surface area contributed by atoms with Gasteiger partial charge in [0.05, 0.1) is 12.7 Å². The maximum absolute atomic E-state index is 11.9. The second kappa shape index (κ2) is 6.67. The Kier molecular flexibility index (Phi) is 5.19. The molecule has 2 atom stereocenters. The first-order valence-electron chi connectivity index (χ1n) is 7.57. The molecule has 0 aromatic carbocycles. The van der Waals surface area contributed by atoms with E-state index in [2.05, 4.69) is 18.7 Å². The van der Waals surface area contributed by atoms with Crippen LogP contribution in [0.4, 0.5) is 0 Å². The third-order valence-electron chi connectivity index (χ3n) is 4.31. The highest BCUT2D eigenvalue weighted by Crippen LogP contribution is 2.32. The van der Waals surface area contributed by atoms with Crippen molar-refractivity contribution < 1.29 is 9.53 Å². The number of rotatable bonds is 5. The van der Waals surface area contributed by atoms with E-state index in [9.17, 15) is 4.79 Å². The fourth-order valence-electron chi connectivity index (χ4n) is 3.41. The maximum Gasteiger partial charge on any atom is 0.137 e. The summed E-state index contributed by atoms with van der Waals surface area (Å²) in [5.41, 5.74) is 0. The minimum atomic E-state index is 0.307. The second-order valence-electron chi connectivity index (χ2n) is 5.98. The third kappa shape index (κ3) is 3.55. The fourth-order valence-corrected chi connectivity index (χ4v) is 3.41. The molecule has 18 heavy (non-hydrogen) atoms. The molecule has 2 unspecified atom stereocenters. The molecule has 2 rings (SSSR count). The number of carbonyl (C=O) groups is 1. The number of likely N-dealkylation sites (tertiary alicyclic amines) is 1. The summed E-state index contributed by atoms with van der Waals surface area (Å²) in [6, 6.07) is 0.504. The summed E-state index contributed by atoms with van der Waals surface area (Å²) in [4.78, 5) is 14.5. The molecule has 104 valence electrons. The number of carbonyl (C=O) groups excluding carboxylic acids is 1. The Balaban J connectivity index is 1.87. The Bertz CT molecular complexity index is 278. The summed E-state index contributed by atoms with van der Waals surface area (Å²) in [6.45, 7) is 7.10. The SMILES string of the molecule is CC(C)OCCN1CCCCC1C1CCCC1=O. The van der Waals surface area contributed by atoms with Gasteiger partial charge in [-0.2, -0.15) is 0 Å². The van der Waals surface area contributed by atoms with Gasteiger partial charge in [0, 0.05) is 24.9 Å². The molecule has 0 N–H and O–H groups in total. The number of ether oxygens (including phenoxy) is 1. The molecule has 0 radical (unpaired) electrons. The normalized spacial score (nSPS) is 30.3. The van der Waals surface area contributed by atoms with E-state index in [1.54, 1.807) is 0 Å². The van der Waals surface area contributed by atoms with Gasteiger partial charge in [0.25, 0.3) is 0 Å². The molecule has 1 heterocycles. The van der Waals surface area contributed by atoms with Gasteiger partial charge in [-0.3, -0.25) is 9.69 Å². The highest BCUT2D eigenvalue weighted by molar-refractivity contribution is 5.83. The zero-order valence-corrected chi connectivity index (χ0v) is 11.9. The van der Waals surface area contributed by atoms with Crippen molar-refractivity contribution in [3.05, 3.63) is 0 Å². The van der Waals surface area contributed by atoms with E-state index < -0.39 is 0 Å². The fraction of sp³-hybridized carbons (Fsp3) is 0.933. The number of piperidine rings is 1. The van der Waals surface area contributed by atoms with E-state index in [4.69, 9.17) is 4.74 Å². The topological polar surface area (TPSA) is 29.5 Å². The highest BCUT2D eigenvalue weighted by atomic mass is 16.5. The van der Waals surface area contributed by atoms with Crippen LogP contribution in [0.25, 0.3) is 0 Å². The summed E-state index contributed by atoms with van der Waals surface area (Å²) < 4.78 is 5.66. The minimum Gasteiger partial charge on any atom is -0.377 e. The Labute approximate surface area is 111 Å². The average Bonchev–Trinajstić information content (AvgIpc) is 2.76. The monoisotopic (exact) mass is 253 g/mol. The molecule has 0 bridgehead atoms. The van der Waals surface area contributed by atoms with Crippen molar-refractivity contribution in [3.63, 3.8) is 0 Å². The van der Waals surface area contributed by atoms with Crippen molar-refractivity contribution >= 4 is 5.78 Å². The lowest BCUT2D eigenvalue weighted by molar-refractivity contribution is -0.123. The number of hydrogen-bond acceptors (Lipinski definition) is 3. The first-order chi connectivity index (χ1) is 8.68. The molecule has 1 saturated heterocycles. The molecule has 1 aliphatic heterocycles. The smallest absolute Gasteiger partial charge is 0.137 e. The van der Waals surface area contributed by atoms with Crippen molar-refractivity contribution in [2.45, 2.75) is 64.5 Å². The highest BCUT2D eigenvalue weighted by Gasteiger charge is 2.36. The molecule has 2 aliphatic rings. The number of Topliss-reactive ketones (excluding diaryl/α,β-unsaturated/α-hetero) is 1. The van der Waals surface area contributed by atoms with Crippen molar-refractivity contribution in [1.29, 1.82) is 0 Å². The second-order valence-corrected chi connectivity index (χ2v) is 5.98. The summed E-state index contributed by atoms with van der Waals surface area (Å²) in [5.74, 6) is 0.834. The summed E-state index contributed by atoms with van der Waals surface area (Å²) in [7, 11) is 0. The van der Waals surface area contributed by atoms with Crippen LogP contribution in [0.15, 0.2) is 0 Å². The molecule has 1 aliphatic carbocycles. The maximum atomic E-state index is 11.9. The quantitative estimate of drug-likeness (QED) is 0.754. The van der Waals surface area contributed by atoms with Crippen LogP contribution in [0.3, 0.4) is 0 Å². The lowest BCUT2D eigenvalue weighted by Gasteiger charge is -2.38. The van der Waals surface area contributed by atoms with Crippen LogP contribution in [0, 0.1) is 5.92 Å². The summed E-state index contributed by atoms with van der Waals surface area (Å²) >= 11 is 0. The van der Waals surface area contributed by atoms with Gasteiger partial charge in [0.1, 0.15) is 5.78 Å². The Morgan fingerprint density at radius 3 is 2.78 bits per heavy atom. The molecule has 3 heteroatoms. The number of hydrogen-bond donors (Lipinski definition) is 0. The van der Waals surface area contributed by atoms with Gasteiger partial charge in [-0.15, -0.1) is 0 Å². The molecular weight excluding hydrogens is 226 g/mol. The van der Waals surface area contributed by atoms with Crippen LogP contribution in [-0.2, 0) is 9.53 Å². The van der Waals surface area contributed by atoms with Crippen LogP contribution >= 0.6 is 0 Å². The van der Waals surface area contributed by atoms with Gasteiger partial charge in [-0.05, 0) is 46.1 Å². The first kappa shape index (κ1) is 14.0. The van der Waals surface area contributed by atoms with Gasteiger partial charge < -0.3 is 4.74 Å². The third-order valence-corrected chi connectivity index (χ3v) is 4.31. The molecule has 2 fully saturated rings. The number of nitrogens with zero attached hydrogens (tertiary/aromatic N) is 1. The molecule has 0 aromatic heterocycles. The lowest BCUT2D eigenvalue weighted by atomic mass is 9.88. The van der Waals surface area contributed by atoms with Crippen molar-refractivity contribution in [3.8, 4) is 0 Å². The van der Waals surface area contributed by atoms with E-state index >= 15 is 0 Å². The van der Waals surface area contributed by atoms with Crippen LogP contribution in [0.2, 0.25) is 0 Å². The van der Waals surface area contributed by atoms with E-state index in [-0.39, 0.29) is 0 Å². The van der Waals surface area contributed by atoms with Crippen molar-refractivity contribution in [1.82, 2.24) is 4.90 Å². The summed E-state index contributed by atoms with van der Waals surface area (Å²) in [5, 5.41) is 0.